The molecule has 3 aromatic carbocycles. The standard InChI is InChI=1S/C31H29N3/c1-21-19-23(3)32-30(21)29(31-22(2)20-24(4)33-31)25-15-17-28(18-16-25)34(26-11-7-5-8-12-26)27-13-9-6-10-14-27/h5-20,32H,1-4H3/b31-29-. The van der Waals surface area contributed by atoms with Crippen molar-refractivity contribution >= 4 is 28.3 Å². The molecule has 0 saturated heterocycles. The molecule has 0 unspecified atom stereocenters. The molecule has 34 heavy (non-hydrogen) atoms. The highest BCUT2D eigenvalue weighted by Crippen LogP contribution is 2.38. The van der Waals surface area contributed by atoms with Crippen LogP contribution in [0, 0.1) is 13.8 Å². The SMILES string of the molecule is CC1=CC(C)=N/C1=C(/c1ccc(N(c2ccccc2)c2ccccc2)cc1)c1[nH]c(C)cc1C. The molecular weight excluding hydrogens is 414 g/mol. The number of nitrogens with zero attached hydrogens (tertiary/aromatic N) is 2. The van der Waals surface area contributed by atoms with Crippen molar-refractivity contribution in [2.24, 2.45) is 4.99 Å². The van der Waals surface area contributed by atoms with E-state index in [0.717, 1.165) is 51.0 Å². The summed E-state index contributed by atoms with van der Waals surface area (Å²) in [4.78, 5) is 10.8. The summed E-state index contributed by atoms with van der Waals surface area (Å²) in [6.07, 6.45) is 2.15. The molecule has 0 amide bonds. The lowest BCUT2D eigenvalue weighted by Crippen LogP contribution is -2.09. The minimum absolute atomic E-state index is 1.04. The van der Waals surface area contributed by atoms with Crippen LogP contribution in [0.15, 0.2) is 113 Å². The monoisotopic (exact) mass is 443 g/mol. The highest BCUT2D eigenvalue weighted by atomic mass is 15.1. The second-order valence-corrected chi connectivity index (χ2v) is 8.87. The topological polar surface area (TPSA) is 31.4 Å². The number of aromatic amines is 1. The van der Waals surface area contributed by atoms with E-state index in [1.54, 1.807) is 0 Å². The predicted octanol–water partition coefficient (Wildman–Crippen LogP) is 8.28. The molecule has 3 heteroatoms. The molecule has 0 spiro atoms. The highest BCUT2D eigenvalue weighted by molar-refractivity contribution is 6.01. The largest absolute Gasteiger partial charge is 0.358 e. The Hall–Kier alpha value is -4.11. The van der Waals surface area contributed by atoms with Crippen molar-refractivity contribution in [1.29, 1.82) is 0 Å². The van der Waals surface area contributed by atoms with E-state index in [0.29, 0.717) is 0 Å². The third-order valence-corrected chi connectivity index (χ3v) is 6.17. The second kappa shape index (κ2) is 9.03. The number of allylic oxidation sites excluding steroid dienone is 2. The van der Waals surface area contributed by atoms with E-state index < -0.39 is 0 Å². The van der Waals surface area contributed by atoms with Gasteiger partial charge in [0.15, 0.2) is 0 Å². The van der Waals surface area contributed by atoms with Crippen molar-refractivity contribution < 1.29 is 0 Å². The number of aliphatic imine (C=N–C) groups is 1. The molecule has 5 rings (SSSR count). The average Bonchev–Trinajstić information content (AvgIpc) is 3.36. The molecule has 0 bridgehead atoms. The van der Waals surface area contributed by atoms with Gasteiger partial charge in [0.2, 0.25) is 0 Å². The quantitative estimate of drug-likeness (QED) is 0.330. The van der Waals surface area contributed by atoms with Gasteiger partial charge < -0.3 is 9.88 Å². The van der Waals surface area contributed by atoms with Crippen LogP contribution in [0.4, 0.5) is 17.1 Å². The first kappa shape index (κ1) is 21.7. The number of hydrogen-bond acceptors (Lipinski definition) is 2. The predicted molar refractivity (Wildman–Crippen MR) is 144 cm³/mol. The van der Waals surface area contributed by atoms with Crippen LogP contribution in [-0.2, 0) is 0 Å². The first-order chi connectivity index (χ1) is 16.5. The smallest absolute Gasteiger partial charge is 0.0761 e. The average molecular weight is 444 g/mol. The van der Waals surface area contributed by atoms with E-state index in [1.165, 1.54) is 11.1 Å². The lowest BCUT2D eigenvalue weighted by atomic mass is 9.95. The highest BCUT2D eigenvalue weighted by Gasteiger charge is 2.20. The minimum atomic E-state index is 1.04. The van der Waals surface area contributed by atoms with Gasteiger partial charge in [-0.1, -0.05) is 48.5 Å². The molecule has 1 aliphatic heterocycles. The van der Waals surface area contributed by atoms with Crippen molar-refractivity contribution in [2.45, 2.75) is 27.7 Å². The Kier molecular flexibility index (Phi) is 5.77. The molecule has 1 N–H and O–H groups in total. The maximum atomic E-state index is 4.90. The lowest BCUT2D eigenvalue weighted by Gasteiger charge is -2.25. The van der Waals surface area contributed by atoms with Gasteiger partial charge in [0.05, 0.1) is 11.4 Å². The third-order valence-electron chi connectivity index (χ3n) is 6.17. The molecule has 1 aromatic heterocycles. The lowest BCUT2D eigenvalue weighted by molar-refractivity contribution is 1.21. The number of para-hydroxylation sites is 2. The summed E-state index contributed by atoms with van der Waals surface area (Å²) in [6.45, 7) is 8.46. The Labute approximate surface area is 201 Å². The number of anilines is 3. The first-order valence-corrected chi connectivity index (χ1v) is 11.7. The molecule has 1 aliphatic rings. The number of aromatic nitrogens is 1. The molecule has 0 fully saturated rings. The van der Waals surface area contributed by atoms with Crippen molar-refractivity contribution in [3.05, 3.63) is 131 Å². The Morgan fingerprint density at radius 3 is 1.74 bits per heavy atom. The van der Waals surface area contributed by atoms with E-state index >= 15 is 0 Å². The van der Waals surface area contributed by atoms with Crippen molar-refractivity contribution in [3.8, 4) is 0 Å². The van der Waals surface area contributed by atoms with Gasteiger partial charge in [-0.25, -0.2) is 0 Å². The van der Waals surface area contributed by atoms with Crippen LogP contribution >= 0.6 is 0 Å². The fraction of sp³-hybridized carbons (Fsp3) is 0.129. The summed E-state index contributed by atoms with van der Waals surface area (Å²) in [5, 5.41) is 0. The third kappa shape index (κ3) is 4.13. The second-order valence-electron chi connectivity index (χ2n) is 8.87. The fourth-order valence-corrected chi connectivity index (χ4v) is 4.70. The van der Waals surface area contributed by atoms with Crippen LogP contribution < -0.4 is 4.90 Å². The Morgan fingerprint density at radius 2 is 1.26 bits per heavy atom. The molecule has 0 saturated carbocycles. The maximum absolute atomic E-state index is 4.90. The van der Waals surface area contributed by atoms with Gasteiger partial charge in [-0.2, -0.15) is 0 Å². The van der Waals surface area contributed by atoms with Gasteiger partial charge in [0, 0.05) is 34.0 Å². The zero-order chi connectivity index (χ0) is 23.7. The Bertz CT molecular complexity index is 1360. The summed E-state index contributed by atoms with van der Waals surface area (Å²) in [5.41, 5.74) is 12.5. The van der Waals surface area contributed by atoms with Gasteiger partial charge in [0.1, 0.15) is 0 Å². The molecule has 3 nitrogen and oxygen atoms in total. The number of nitrogens with one attached hydrogen (secondary N) is 1. The van der Waals surface area contributed by atoms with Crippen LogP contribution in [0.3, 0.4) is 0 Å². The van der Waals surface area contributed by atoms with Crippen LogP contribution in [0.5, 0.6) is 0 Å². The molecule has 0 radical (unpaired) electrons. The number of aryl methyl sites for hydroxylation is 2. The van der Waals surface area contributed by atoms with Crippen molar-refractivity contribution in [2.75, 3.05) is 4.90 Å². The van der Waals surface area contributed by atoms with Crippen LogP contribution in [0.2, 0.25) is 0 Å². The molecule has 168 valence electrons. The maximum Gasteiger partial charge on any atom is 0.0761 e. The van der Waals surface area contributed by atoms with Gasteiger partial charge in [-0.3, -0.25) is 4.99 Å². The van der Waals surface area contributed by atoms with E-state index in [1.807, 2.05) is 0 Å². The van der Waals surface area contributed by atoms with Crippen molar-refractivity contribution in [3.63, 3.8) is 0 Å². The number of H-pyrrole nitrogens is 1. The fourth-order valence-electron chi connectivity index (χ4n) is 4.70. The Balaban J connectivity index is 1.64. The molecule has 4 aromatic rings. The van der Waals surface area contributed by atoms with Crippen LogP contribution in [0.1, 0.15) is 36.4 Å². The summed E-state index contributed by atoms with van der Waals surface area (Å²) < 4.78 is 0. The van der Waals surface area contributed by atoms with Crippen LogP contribution in [-0.4, -0.2) is 10.7 Å². The summed E-state index contributed by atoms with van der Waals surface area (Å²) >= 11 is 0. The van der Waals surface area contributed by atoms with Gasteiger partial charge in [-0.15, -0.1) is 0 Å². The summed E-state index contributed by atoms with van der Waals surface area (Å²) in [5.74, 6) is 0. The number of benzene rings is 3. The minimum Gasteiger partial charge on any atom is -0.358 e. The molecule has 0 atom stereocenters. The van der Waals surface area contributed by atoms with Crippen LogP contribution in [0.25, 0.3) is 5.57 Å². The van der Waals surface area contributed by atoms with Crippen molar-refractivity contribution in [1.82, 2.24) is 4.98 Å². The van der Waals surface area contributed by atoms with Gasteiger partial charge >= 0.3 is 0 Å². The van der Waals surface area contributed by atoms with Gasteiger partial charge in [-0.05, 0) is 92.9 Å². The van der Waals surface area contributed by atoms with E-state index in [-0.39, 0.29) is 0 Å². The number of rotatable bonds is 5. The molecule has 2 heterocycles. The van der Waals surface area contributed by atoms with Gasteiger partial charge in [0.25, 0.3) is 0 Å². The Morgan fingerprint density at radius 1 is 0.706 bits per heavy atom. The molecule has 0 aliphatic carbocycles. The van der Waals surface area contributed by atoms with E-state index in [2.05, 4.69) is 135 Å². The molecular formula is C31H29N3. The zero-order valence-electron chi connectivity index (χ0n) is 20.1. The number of hydrogen-bond donors (Lipinski definition) is 1. The van der Waals surface area contributed by atoms with E-state index in [4.69, 9.17) is 4.99 Å². The zero-order valence-corrected chi connectivity index (χ0v) is 20.1. The summed E-state index contributed by atoms with van der Waals surface area (Å²) in [6, 6.07) is 32.0. The van der Waals surface area contributed by atoms with E-state index in [9.17, 15) is 0 Å². The summed E-state index contributed by atoms with van der Waals surface area (Å²) in [7, 11) is 0. The first-order valence-electron chi connectivity index (χ1n) is 11.7. The normalized spacial score (nSPS) is 14.6.